The number of amides is 1. The number of benzene rings is 2. The maximum atomic E-state index is 12.8. The van der Waals surface area contributed by atoms with Crippen LogP contribution in [0.2, 0.25) is 5.02 Å². The minimum atomic E-state index is 0.0673. The van der Waals surface area contributed by atoms with Gasteiger partial charge in [-0.2, -0.15) is 5.26 Å². The summed E-state index contributed by atoms with van der Waals surface area (Å²) >= 11 is 5.95. The van der Waals surface area contributed by atoms with E-state index >= 15 is 0 Å². The van der Waals surface area contributed by atoms with E-state index in [-0.39, 0.29) is 11.9 Å². The molecule has 0 unspecified atom stereocenters. The maximum Gasteiger partial charge on any atom is 0.253 e. The lowest BCUT2D eigenvalue weighted by atomic mass is 9.79. The standard InChI is InChI=1S/C26H32ClN3O/c1-29-18-22-17-19(5-3-4-16-28)6-15-25(22)20-9-13-24(14-10-20)30(2)26(31)21-7-11-23(27)12-8-21/h6-8,11-12,15,17,20,24,29H,3-5,9-10,13-14,18H2,1-2H3. The van der Waals surface area contributed by atoms with Gasteiger partial charge in [0.2, 0.25) is 0 Å². The first-order valence-electron chi connectivity index (χ1n) is 11.2. The highest BCUT2D eigenvalue weighted by atomic mass is 35.5. The van der Waals surface area contributed by atoms with Crippen molar-refractivity contribution in [1.29, 1.82) is 5.26 Å². The molecule has 4 nitrogen and oxygen atoms in total. The summed E-state index contributed by atoms with van der Waals surface area (Å²) in [5.74, 6) is 0.601. The van der Waals surface area contributed by atoms with E-state index in [2.05, 4.69) is 29.6 Å². The summed E-state index contributed by atoms with van der Waals surface area (Å²) in [6.07, 6.45) is 6.69. The number of unbranched alkanes of at least 4 members (excludes halogenated alkanes) is 1. The molecule has 0 radical (unpaired) electrons. The number of hydrogen-bond acceptors (Lipinski definition) is 3. The van der Waals surface area contributed by atoms with Gasteiger partial charge in [0.15, 0.2) is 0 Å². The molecule has 0 saturated heterocycles. The second kappa shape index (κ2) is 11.3. The molecule has 0 aliphatic heterocycles. The number of hydrogen-bond donors (Lipinski definition) is 1. The van der Waals surface area contributed by atoms with Crippen molar-refractivity contribution in [3.8, 4) is 6.07 Å². The van der Waals surface area contributed by atoms with Crippen molar-refractivity contribution >= 4 is 17.5 Å². The summed E-state index contributed by atoms with van der Waals surface area (Å²) in [5.41, 5.74) is 4.80. The van der Waals surface area contributed by atoms with Gasteiger partial charge in [-0.3, -0.25) is 4.79 Å². The summed E-state index contributed by atoms with van der Waals surface area (Å²) in [6, 6.07) is 16.5. The van der Waals surface area contributed by atoms with Gasteiger partial charge in [-0.05, 0) is 92.4 Å². The molecule has 1 saturated carbocycles. The van der Waals surface area contributed by atoms with Gasteiger partial charge in [0.1, 0.15) is 0 Å². The van der Waals surface area contributed by atoms with Gasteiger partial charge < -0.3 is 10.2 Å². The first-order valence-corrected chi connectivity index (χ1v) is 11.6. The lowest BCUT2D eigenvalue weighted by Gasteiger charge is -2.35. The largest absolute Gasteiger partial charge is 0.339 e. The van der Waals surface area contributed by atoms with Crippen LogP contribution in [0, 0.1) is 11.3 Å². The van der Waals surface area contributed by atoms with Gasteiger partial charge in [-0.25, -0.2) is 0 Å². The molecule has 1 amide bonds. The number of nitriles is 1. The number of nitrogens with zero attached hydrogens (tertiary/aromatic N) is 2. The molecule has 1 N–H and O–H groups in total. The molecule has 0 spiro atoms. The van der Waals surface area contributed by atoms with E-state index < -0.39 is 0 Å². The van der Waals surface area contributed by atoms with Crippen LogP contribution in [0.5, 0.6) is 0 Å². The fourth-order valence-electron chi connectivity index (χ4n) is 4.66. The molecule has 1 aliphatic rings. The molecule has 5 heteroatoms. The molecule has 0 heterocycles. The first kappa shape index (κ1) is 23.3. The Kier molecular flexibility index (Phi) is 8.51. The zero-order valence-electron chi connectivity index (χ0n) is 18.5. The fraction of sp³-hybridized carbons (Fsp3) is 0.462. The summed E-state index contributed by atoms with van der Waals surface area (Å²) < 4.78 is 0. The molecule has 3 rings (SSSR count). The van der Waals surface area contributed by atoms with E-state index in [9.17, 15) is 4.79 Å². The van der Waals surface area contributed by atoms with Gasteiger partial charge in [0.25, 0.3) is 5.91 Å². The highest BCUT2D eigenvalue weighted by Gasteiger charge is 2.28. The van der Waals surface area contributed by atoms with Crippen molar-refractivity contribution < 1.29 is 4.79 Å². The third-order valence-electron chi connectivity index (χ3n) is 6.42. The van der Waals surface area contributed by atoms with Crippen LogP contribution in [0.15, 0.2) is 42.5 Å². The highest BCUT2D eigenvalue weighted by molar-refractivity contribution is 6.30. The van der Waals surface area contributed by atoms with Gasteiger partial charge >= 0.3 is 0 Å². The third-order valence-corrected chi connectivity index (χ3v) is 6.68. The van der Waals surface area contributed by atoms with Crippen molar-refractivity contribution in [2.75, 3.05) is 14.1 Å². The molecular formula is C26H32ClN3O. The van der Waals surface area contributed by atoms with Crippen molar-refractivity contribution in [2.24, 2.45) is 0 Å². The number of halogens is 1. The summed E-state index contributed by atoms with van der Waals surface area (Å²) in [5, 5.41) is 12.7. The van der Waals surface area contributed by atoms with Gasteiger partial charge in [0, 0.05) is 36.6 Å². The predicted molar refractivity (Wildman–Crippen MR) is 126 cm³/mol. The maximum absolute atomic E-state index is 12.8. The Morgan fingerprint density at radius 1 is 1.16 bits per heavy atom. The lowest BCUT2D eigenvalue weighted by molar-refractivity contribution is 0.0689. The quantitative estimate of drug-likeness (QED) is 0.538. The zero-order chi connectivity index (χ0) is 22.2. The van der Waals surface area contributed by atoms with Crippen LogP contribution in [0.25, 0.3) is 0 Å². The van der Waals surface area contributed by atoms with Gasteiger partial charge in [-0.15, -0.1) is 0 Å². The van der Waals surface area contributed by atoms with E-state index in [4.69, 9.17) is 16.9 Å². The van der Waals surface area contributed by atoms with Gasteiger partial charge in [0.05, 0.1) is 6.07 Å². The van der Waals surface area contributed by atoms with Crippen LogP contribution in [0.3, 0.4) is 0 Å². The first-order chi connectivity index (χ1) is 15.0. The molecule has 0 aromatic heterocycles. The SMILES string of the molecule is CNCc1cc(CCCC#N)ccc1C1CCC(N(C)C(=O)c2ccc(Cl)cc2)CC1. The molecular weight excluding hydrogens is 406 g/mol. The van der Waals surface area contributed by atoms with E-state index in [1.807, 2.05) is 19.0 Å². The molecule has 0 atom stereocenters. The predicted octanol–water partition coefficient (Wildman–Crippen LogP) is 5.70. The lowest BCUT2D eigenvalue weighted by Crippen LogP contribution is -2.39. The zero-order valence-corrected chi connectivity index (χ0v) is 19.3. The Balaban J connectivity index is 1.63. The van der Waals surface area contributed by atoms with Crippen LogP contribution in [-0.4, -0.2) is 30.9 Å². The van der Waals surface area contributed by atoms with Crippen molar-refractivity contribution in [3.63, 3.8) is 0 Å². The van der Waals surface area contributed by atoms with Crippen LogP contribution in [0.1, 0.15) is 71.5 Å². The molecule has 31 heavy (non-hydrogen) atoms. The molecule has 2 aromatic rings. The second-order valence-corrected chi connectivity index (χ2v) is 8.94. The molecule has 1 fully saturated rings. The smallest absolute Gasteiger partial charge is 0.253 e. The summed E-state index contributed by atoms with van der Waals surface area (Å²) in [4.78, 5) is 14.8. The normalized spacial score (nSPS) is 18.4. The van der Waals surface area contributed by atoms with Gasteiger partial charge in [-0.1, -0.05) is 29.8 Å². The number of rotatable bonds is 8. The second-order valence-electron chi connectivity index (χ2n) is 8.50. The van der Waals surface area contributed by atoms with Crippen LogP contribution >= 0.6 is 11.6 Å². The average molecular weight is 438 g/mol. The topological polar surface area (TPSA) is 56.1 Å². The van der Waals surface area contributed by atoms with E-state index in [0.717, 1.165) is 45.1 Å². The fourth-order valence-corrected chi connectivity index (χ4v) is 4.79. The molecule has 164 valence electrons. The molecule has 1 aliphatic carbocycles. The summed E-state index contributed by atoms with van der Waals surface area (Å²) in [7, 11) is 3.91. The minimum Gasteiger partial charge on any atom is -0.339 e. The molecule has 2 aromatic carbocycles. The average Bonchev–Trinajstić information content (AvgIpc) is 2.79. The van der Waals surface area contributed by atoms with Crippen molar-refractivity contribution in [3.05, 3.63) is 69.7 Å². The Morgan fingerprint density at radius 3 is 2.52 bits per heavy atom. The van der Waals surface area contributed by atoms with Crippen molar-refractivity contribution in [1.82, 2.24) is 10.2 Å². The number of carbonyl (C=O) groups is 1. The molecule has 0 bridgehead atoms. The Hall–Kier alpha value is -2.35. The third kappa shape index (κ3) is 6.09. The Morgan fingerprint density at radius 2 is 1.87 bits per heavy atom. The van der Waals surface area contributed by atoms with E-state index in [1.165, 1.54) is 16.7 Å². The van der Waals surface area contributed by atoms with E-state index in [1.54, 1.807) is 24.3 Å². The number of aryl methyl sites for hydroxylation is 1. The number of carbonyl (C=O) groups excluding carboxylic acids is 1. The van der Waals surface area contributed by atoms with Crippen LogP contribution < -0.4 is 5.32 Å². The summed E-state index contributed by atoms with van der Waals surface area (Å²) in [6.45, 7) is 0.857. The monoisotopic (exact) mass is 437 g/mol. The van der Waals surface area contributed by atoms with E-state index in [0.29, 0.717) is 22.9 Å². The Labute approximate surface area is 191 Å². The van der Waals surface area contributed by atoms with Crippen LogP contribution in [0.4, 0.5) is 0 Å². The van der Waals surface area contributed by atoms with Crippen molar-refractivity contribution in [2.45, 2.75) is 63.5 Å². The van der Waals surface area contributed by atoms with Crippen LogP contribution in [-0.2, 0) is 13.0 Å². The minimum absolute atomic E-state index is 0.0673. The number of nitrogens with one attached hydrogen (secondary N) is 1. The Bertz CT molecular complexity index is 911. The highest BCUT2D eigenvalue weighted by Crippen LogP contribution is 2.37.